The lowest BCUT2D eigenvalue weighted by molar-refractivity contribution is -0.163. The highest BCUT2D eigenvalue weighted by Crippen LogP contribution is 2.44. The van der Waals surface area contributed by atoms with Crippen LogP contribution in [0.4, 0.5) is 26.3 Å². The van der Waals surface area contributed by atoms with Crippen molar-refractivity contribution >= 4 is 28.9 Å². The Bertz CT molecular complexity index is 1860. The first-order valence-corrected chi connectivity index (χ1v) is 19.0. The first kappa shape index (κ1) is 42.0. The fourth-order valence-corrected chi connectivity index (χ4v) is 7.96. The van der Waals surface area contributed by atoms with E-state index in [1.54, 1.807) is 31.2 Å². The van der Waals surface area contributed by atoms with Gasteiger partial charge >= 0.3 is 12.4 Å². The van der Waals surface area contributed by atoms with Gasteiger partial charge in [0.25, 0.3) is 11.8 Å². The lowest BCUT2D eigenvalue weighted by atomic mass is 9.78. The third-order valence-corrected chi connectivity index (χ3v) is 11.7. The van der Waals surface area contributed by atoms with Crippen LogP contribution in [0.5, 0.6) is 11.5 Å². The van der Waals surface area contributed by atoms with E-state index in [0.29, 0.717) is 41.6 Å². The summed E-state index contributed by atoms with van der Waals surface area (Å²) in [4.78, 5) is 46.4. The molecule has 0 bridgehead atoms. The number of pyridine rings is 1. The Morgan fingerprint density at radius 2 is 1.69 bits per heavy atom. The van der Waals surface area contributed by atoms with Crippen molar-refractivity contribution in [2.75, 3.05) is 26.2 Å². The predicted molar refractivity (Wildman–Crippen MR) is 192 cm³/mol. The van der Waals surface area contributed by atoms with Gasteiger partial charge in [-0.25, -0.2) is 0 Å². The number of thiophene rings is 1. The summed E-state index contributed by atoms with van der Waals surface area (Å²) in [5.74, 6) is -1.51. The summed E-state index contributed by atoms with van der Waals surface area (Å²) < 4.78 is 95.6. The highest BCUT2D eigenvalue weighted by atomic mass is 32.1. The van der Waals surface area contributed by atoms with Crippen LogP contribution < -0.4 is 9.47 Å². The summed E-state index contributed by atoms with van der Waals surface area (Å²) >= 11 is 0.371. The first-order chi connectivity index (χ1) is 25.7. The van der Waals surface area contributed by atoms with Crippen molar-refractivity contribution in [1.29, 1.82) is 0 Å². The Morgan fingerprint density at radius 1 is 1.00 bits per heavy atom. The number of aromatic nitrogens is 1. The second-order valence-electron chi connectivity index (χ2n) is 14.8. The zero-order chi connectivity index (χ0) is 40.4. The van der Waals surface area contributed by atoms with Gasteiger partial charge in [0.15, 0.2) is 0 Å². The summed E-state index contributed by atoms with van der Waals surface area (Å²) in [5.41, 5.74) is -5.47. The minimum absolute atomic E-state index is 0.0105. The molecule has 16 heteroatoms. The summed E-state index contributed by atoms with van der Waals surface area (Å²) in [6.07, 6.45) is -6.85. The van der Waals surface area contributed by atoms with Crippen molar-refractivity contribution < 1.29 is 55.3 Å². The third kappa shape index (κ3) is 8.95. The molecule has 2 fully saturated rings. The van der Waals surface area contributed by atoms with Crippen LogP contribution in [0, 0.1) is 5.41 Å². The van der Waals surface area contributed by atoms with Crippen molar-refractivity contribution in [2.45, 2.75) is 102 Å². The zero-order valence-electron chi connectivity index (χ0n) is 31.1. The molecule has 0 spiro atoms. The number of hydrogen-bond donors (Lipinski definition) is 1. The van der Waals surface area contributed by atoms with Gasteiger partial charge < -0.3 is 24.4 Å². The maximum absolute atomic E-state index is 14.9. The van der Waals surface area contributed by atoms with E-state index in [2.05, 4.69) is 4.98 Å². The molecule has 5 rings (SSSR count). The average Bonchev–Trinajstić information content (AvgIpc) is 3.61. The van der Waals surface area contributed by atoms with E-state index < -0.39 is 62.8 Å². The molecule has 2 saturated heterocycles. The van der Waals surface area contributed by atoms with E-state index in [9.17, 15) is 45.8 Å². The maximum atomic E-state index is 14.9. The van der Waals surface area contributed by atoms with Crippen molar-refractivity contribution in [2.24, 2.45) is 5.41 Å². The van der Waals surface area contributed by atoms with Crippen LogP contribution in [-0.2, 0) is 27.5 Å². The average molecular weight is 798 g/mol. The molecule has 2 aromatic heterocycles. The summed E-state index contributed by atoms with van der Waals surface area (Å²) in [7, 11) is 0. The number of ketones is 1. The van der Waals surface area contributed by atoms with Gasteiger partial charge in [-0.15, -0.1) is 11.3 Å². The van der Waals surface area contributed by atoms with Crippen molar-refractivity contribution in [3.8, 4) is 11.5 Å². The Balaban J connectivity index is 1.47. The Hall–Kier alpha value is -4.18. The lowest BCUT2D eigenvalue weighted by Gasteiger charge is -2.51. The number of nitrogens with zero attached hydrogens (tertiary/aromatic N) is 3. The Labute approximate surface area is 319 Å². The van der Waals surface area contributed by atoms with Gasteiger partial charge in [0, 0.05) is 60.9 Å². The van der Waals surface area contributed by atoms with Crippen LogP contribution in [0.3, 0.4) is 0 Å². The van der Waals surface area contributed by atoms with Gasteiger partial charge in [-0.05, 0) is 51.2 Å². The first-order valence-electron chi connectivity index (χ1n) is 18.2. The summed E-state index contributed by atoms with van der Waals surface area (Å²) in [6.45, 7) is 7.05. The van der Waals surface area contributed by atoms with Crippen molar-refractivity contribution in [1.82, 2.24) is 14.8 Å². The molecule has 0 saturated carbocycles. The Morgan fingerprint density at radius 3 is 2.31 bits per heavy atom. The third-order valence-electron chi connectivity index (χ3n) is 10.8. The standard InChI is InChI=1S/C39H45F6N3O6S/c1-5-9-31-37(54-26-22-32(55-24-26)39(43,44)45,13-8-18-48(31)33(50)27-23-46-17-12-28(27)38(40,41)42)34(51)47-19-14-36(52,15-20-47)29-10-6-7-11-30(29)53-21-16-35(3,4)25(2)49/h6-7,10-12,17,22-24,31,52H,5,8-9,13-16,18-21H2,1-4H3/t31-,37+/m1/s1. The summed E-state index contributed by atoms with van der Waals surface area (Å²) in [6, 6.07) is 7.21. The number of para-hydroxylation sites is 1. The fourth-order valence-electron chi connectivity index (χ4n) is 7.29. The lowest BCUT2D eigenvalue weighted by Crippen LogP contribution is -2.68. The molecule has 55 heavy (non-hydrogen) atoms. The van der Waals surface area contributed by atoms with Gasteiger partial charge in [-0.2, -0.15) is 26.3 Å². The van der Waals surface area contributed by atoms with Crippen LogP contribution in [0.25, 0.3) is 0 Å². The number of rotatable bonds is 12. The zero-order valence-corrected chi connectivity index (χ0v) is 31.9. The number of amides is 2. The van der Waals surface area contributed by atoms with Crippen LogP contribution in [0.1, 0.15) is 99.0 Å². The smallest absolute Gasteiger partial charge is 0.425 e. The molecule has 2 amide bonds. The number of halogens is 6. The molecule has 2 aliphatic heterocycles. The number of alkyl halides is 6. The topological polar surface area (TPSA) is 109 Å². The van der Waals surface area contributed by atoms with Gasteiger partial charge in [0.05, 0.1) is 29.4 Å². The van der Waals surface area contributed by atoms with Crippen molar-refractivity contribution in [3.63, 3.8) is 0 Å². The second-order valence-corrected chi connectivity index (χ2v) is 15.7. The molecule has 0 radical (unpaired) electrons. The fraction of sp³-hybridized carbons (Fsp3) is 0.538. The number of piperidine rings is 2. The molecule has 0 aliphatic carbocycles. The normalized spacial score (nSPS) is 20.6. The largest absolute Gasteiger partial charge is 0.493 e. The van der Waals surface area contributed by atoms with E-state index in [-0.39, 0.29) is 69.9 Å². The van der Waals surface area contributed by atoms with E-state index in [1.807, 2.05) is 13.8 Å². The molecule has 9 nitrogen and oxygen atoms in total. The number of ether oxygens (including phenoxy) is 2. The molecule has 300 valence electrons. The van der Waals surface area contributed by atoms with Gasteiger partial charge in [0.2, 0.25) is 5.60 Å². The molecule has 3 aromatic rings. The minimum Gasteiger partial charge on any atom is -0.493 e. The van der Waals surface area contributed by atoms with Crippen LogP contribution >= 0.6 is 11.3 Å². The highest BCUT2D eigenvalue weighted by Gasteiger charge is 2.56. The van der Waals surface area contributed by atoms with Crippen LogP contribution in [-0.4, -0.2) is 75.4 Å². The monoisotopic (exact) mass is 797 g/mol. The van der Waals surface area contributed by atoms with Crippen LogP contribution in [0.15, 0.2) is 54.2 Å². The molecule has 1 N–H and O–H groups in total. The Kier molecular flexibility index (Phi) is 12.3. The quantitative estimate of drug-likeness (QED) is 0.184. The van der Waals surface area contributed by atoms with E-state index >= 15 is 0 Å². The number of Topliss-reactive ketones (excluding diaryl/α,β-unsaturated/α-hetero) is 1. The molecular formula is C39H45F6N3O6S. The number of carbonyl (C=O) groups excluding carboxylic acids is 3. The number of likely N-dealkylation sites (tertiary alicyclic amines) is 2. The maximum Gasteiger partial charge on any atom is 0.425 e. The summed E-state index contributed by atoms with van der Waals surface area (Å²) in [5, 5.41) is 13.1. The molecule has 4 heterocycles. The number of aliphatic hydroxyl groups is 1. The highest BCUT2D eigenvalue weighted by molar-refractivity contribution is 7.10. The van der Waals surface area contributed by atoms with Gasteiger partial charge in [0.1, 0.15) is 22.2 Å². The van der Waals surface area contributed by atoms with Gasteiger partial charge in [-0.3, -0.25) is 19.4 Å². The minimum atomic E-state index is -4.89. The van der Waals surface area contributed by atoms with E-state index in [1.165, 1.54) is 11.8 Å². The molecule has 0 unspecified atom stereocenters. The molecule has 1 aromatic carbocycles. The number of hydrogen-bond acceptors (Lipinski definition) is 8. The number of carbonyl (C=O) groups is 3. The van der Waals surface area contributed by atoms with Gasteiger partial charge in [-0.1, -0.05) is 45.4 Å². The number of benzene rings is 1. The molecule has 2 atom stereocenters. The molecule has 2 aliphatic rings. The molecular weight excluding hydrogens is 752 g/mol. The second kappa shape index (κ2) is 16.1. The predicted octanol–water partition coefficient (Wildman–Crippen LogP) is 8.30. The van der Waals surface area contributed by atoms with E-state index in [4.69, 9.17) is 9.47 Å². The van der Waals surface area contributed by atoms with Crippen molar-refractivity contribution in [3.05, 3.63) is 75.7 Å². The van der Waals surface area contributed by atoms with E-state index in [0.717, 1.165) is 28.7 Å². The van der Waals surface area contributed by atoms with Crippen LogP contribution in [0.2, 0.25) is 0 Å². The SMILES string of the molecule is CCC[C@H]1N(C(=O)c2cnccc2C(F)(F)F)CCC[C@@]1(Oc1csc(C(F)(F)F)c1)C(=O)N1CCC(O)(c2ccccc2OCCC(C)(C)C(C)=O)CC1.